The monoisotopic (exact) mass is 329 g/mol. The molecule has 2 aromatic rings. The number of carbonyl (C=O) groups excluding carboxylic acids is 2. The van der Waals surface area contributed by atoms with Crippen molar-refractivity contribution in [3.63, 3.8) is 0 Å². The van der Waals surface area contributed by atoms with Gasteiger partial charge in [0.25, 0.3) is 5.91 Å². The Kier molecular flexibility index (Phi) is 5.78. The van der Waals surface area contributed by atoms with Crippen molar-refractivity contribution in [2.45, 2.75) is 6.92 Å². The number of carbonyl (C=O) groups is 2. The summed E-state index contributed by atoms with van der Waals surface area (Å²) in [6, 6.07) is 11.4. The van der Waals surface area contributed by atoms with E-state index >= 15 is 0 Å². The summed E-state index contributed by atoms with van der Waals surface area (Å²) in [4.78, 5) is 23.7. The number of rotatable bonds is 6. The van der Waals surface area contributed by atoms with Gasteiger partial charge in [0.05, 0.1) is 26.4 Å². The van der Waals surface area contributed by atoms with Gasteiger partial charge in [0.15, 0.2) is 11.5 Å². The largest absolute Gasteiger partial charge is 0.493 e. The molecule has 0 aliphatic carbocycles. The normalized spacial score (nSPS) is 9.96. The summed E-state index contributed by atoms with van der Waals surface area (Å²) in [5, 5.41) is 2.76. The van der Waals surface area contributed by atoms with Gasteiger partial charge < -0.3 is 19.5 Å². The Bertz CT molecular complexity index is 725. The maximum Gasteiger partial charge on any atom is 0.337 e. The minimum atomic E-state index is -0.427. The van der Waals surface area contributed by atoms with Gasteiger partial charge in [-0.1, -0.05) is 0 Å². The standard InChI is InChI=1S/C18H19NO5/c1-4-24-15-10-7-13(11-16(15)22-2)17(20)19-14-8-5-12(6-9-14)18(21)23-3/h5-11H,4H2,1-3H3,(H,19,20). The highest BCUT2D eigenvalue weighted by Gasteiger charge is 2.12. The summed E-state index contributed by atoms with van der Waals surface area (Å²) in [5.74, 6) is 0.357. The van der Waals surface area contributed by atoms with Crippen molar-refractivity contribution in [2.24, 2.45) is 0 Å². The lowest BCUT2D eigenvalue weighted by Gasteiger charge is -2.11. The molecule has 0 spiro atoms. The number of hydrogen-bond acceptors (Lipinski definition) is 5. The summed E-state index contributed by atoms with van der Waals surface area (Å²) in [5.41, 5.74) is 1.42. The van der Waals surface area contributed by atoms with Gasteiger partial charge in [0, 0.05) is 11.3 Å². The lowest BCUT2D eigenvalue weighted by molar-refractivity contribution is 0.0600. The fourth-order valence-corrected chi connectivity index (χ4v) is 2.09. The van der Waals surface area contributed by atoms with Gasteiger partial charge in [-0.2, -0.15) is 0 Å². The Labute approximate surface area is 140 Å². The van der Waals surface area contributed by atoms with Gasteiger partial charge in [0.2, 0.25) is 0 Å². The van der Waals surface area contributed by atoms with E-state index < -0.39 is 5.97 Å². The molecule has 0 aromatic heterocycles. The molecule has 0 heterocycles. The molecular weight excluding hydrogens is 310 g/mol. The second-order valence-electron chi connectivity index (χ2n) is 4.82. The number of methoxy groups -OCH3 is 2. The summed E-state index contributed by atoms with van der Waals surface area (Å²) < 4.78 is 15.3. The molecule has 1 amide bonds. The SMILES string of the molecule is CCOc1ccc(C(=O)Nc2ccc(C(=O)OC)cc2)cc1OC. The number of hydrogen-bond donors (Lipinski definition) is 1. The van der Waals surface area contributed by atoms with Crippen LogP contribution in [0.25, 0.3) is 0 Å². The molecular formula is C18H19NO5. The first-order valence-corrected chi connectivity index (χ1v) is 7.39. The van der Waals surface area contributed by atoms with E-state index in [0.29, 0.717) is 34.9 Å². The lowest BCUT2D eigenvalue weighted by Crippen LogP contribution is -2.12. The van der Waals surface area contributed by atoms with Crippen molar-refractivity contribution < 1.29 is 23.8 Å². The van der Waals surface area contributed by atoms with Crippen LogP contribution in [0, 0.1) is 0 Å². The van der Waals surface area contributed by atoms with E-state index in [9.17, 15) is 9.59 Å². The van der Waals surface area contributed by atoms with Gasteiger partial charge in [-0.3, -0.25) is 4.79 Å². The molecule has 126 valence electrons. The molecule has 0 saturated carbocycles. The van der Waals surface area contributed by atoms with Gasteiger partial charge in [-0.05, 0) is 49.4 Å². The minimum absolute atomic E-state index is 0.290. The molecule has 6 heteroatoms. The maximum absolute atomic E-state index is 12.3. The highest BCUT2D eigenvalue weighted by molar-refractivity contribution is 6.04. The smallest absolute Gasteiger partial charge is 0.337 e. The number of ether oxygens (including phenoxy) is 3. The average molecular weight is 329 g/mol. The highest BCUT2D eigenvalue weighted by Crippen LogP contribution is 2.28. The highest BCUT2D eigenvalue weighted by atomic mass is 16.5. The zero-order valence-electron chi connectivity index (χ0n) is 13.8. The zero-order chi connectivity index (χ0) is 17.5. The molecule has 1 N–H and O–H groups in total. The number of anilines is 1. The van der Waals surface area contributed by atoms with E-state index in [1.165, 1.54) is 14.2 Å². The molecule has 2 aromatic carbocycles. The van der Waals surface area contributed by atoms with Crippen LogP contribution < -0.4 is 14.8 Å². The molecule has 0 fully saturated rings. The first-order chi connectivity index (χ1) is 11.6. The third-order valence-electron chi connectivity index (χ3n) is 3.29. The molecule has 0 aliphatic rings. The molecule has 0 bridgehead atoms. The molecule has 24 heavy (non-hydrogen) atoms. The zero-order valence-corrected chi connectivity index (χ0v) is 13.8. The molecule has 0 unspecified atom stereocenters. The quantitative estimate of drug-likeness (QED) is 0.824. The van der Waals surface area contributed by atoms with E-state index in [1.54, 1.807) is 42.5 Å². The van der Waals surface area contributed by atoms with Gasteiger partial charge in [-0.25, -0.2) is 4.79 Å². The number of nitrogens with one attached hydrogen (secondary N) is 1. The van der Waals surface area contributed by atoms with Crippen LogP contribution in [0.4, 0.5) is 5.69 Å². The maximum atomic E-state index is 12.3. The van der Waals surface area contributed by atoms with Crippen molar-refractivity contribution >= 4 is 17.6 Å². The van der Waals surface area contributed by atoms with Crippen LogP contribution >= 0.6 is 0 Å². The van der Waals surface area contributed by atoms with Crippen molar-refractivity contribution in [1.82, 2.24) is 0 Å². The first-order valence-electron chi connectivity index (χ1n) is 7.39. The number of benzene rings is 2. The Hall–Kier alpha value is -3.02. The van der Waals surface area contributed by atoms with E-state index in [-0.39, 0.29) is 5.91 Å². The predicted molar refractivity (Wildman–Crippen MR) is 89.9 cm³/mol. The van der Waals surface area contributed by atoms with Crippen molar-refractivity contribution in [1.29, 1.82) is 0 Å². The van der Waals surface area contributed by atoms with Crippen molar-refractivity contribution in [3.05, 3.63) is 53.6 Å². The van der Waals surface area contributed by atoms with E-state index in [0.717, 1.165) is 0 Å². The van der Waals surface area contributed by atoms with E-state index in [2.05, 4.69) is 10.1 Å². The molecule has 0 atom stereocenters. The summed E-state index contributed by atoms with van der Waals surface area (Å²) >= 11 is 0. The van der Waals surface area contributed by atoms with E-state index in [1.807, 2.05) is 6.92 Å². The van der Waals surface area contributed by atoms with Crippen LogP contribution in [0.5, 0.6) is 11.5 Å². The third-order valence-corrected chi connectivity index (χ3v) is 3.29. The van der Waals surface area contributed by atoms with Crippen molar-refractivity contribution in [3.8, 4) is 11.5 Å². The minimum Gasteiger partial charge on any atom is -0.493 e. The van der Waals surface area contributed by atoms with Gasteiger partial charge >= 0.3 is 5.97 Å². The first kappa shape index (κ1) is 17.3. The van der Waals surface area contributed by atoms with Crippen LogP contribution in [0.1, 0.15) is 27.6 Å². The molecule has 2 rings (SSSR count). The fourth-order valence-electron chi connectivity index (χ4n) is 2.09. The Morgan fingerprint density at radius 3 is 2.21 bits per heavy atom. The second kappa shape index (κ2) is 8.01. The predicted octanol–water partition coefficient (Wildman–Crippen LogP) is 3.13. The summed E-state index contributed by atoms with van der Waals surface area (Å²) in [7, 11) is 2.84. The third kappa shape index (κ3) is 4.04. The number of amides is 1. The van der Waals surface area contributed by atoms with Gasteiger partial charge in [-0.15, -0.1) is 0 Å². The van der Waals surface area contributed by atoms with Crippen LogP contribution in [0.3, 0.4) is 0 Å². The lowest BCUT2D eigenvalue weighted by atomic mass is 10.1. The number of esters is 1. The fraction of sp³-hybridized carbons (Fsp3) is 0.222. The van der Waals surface area contributed by atoms with Crippen LogP contribution in [-0.2, 0) is 4.74 Å². The molecule has 0 saturated heterocycles. The van der Waals surface area contributed by atoms with Crippen LogP contribution in [0.2, 0.25) is 0 Å². The Morgan fingerprint density at radius 2 is 1.62 bits per heavy atom. The Balaban J connectivity index is 2.13. The Morgan fingerprint density at radius 1 is 0.958 bits per heavy atom. The molecule has 0 aliphatic heterocycles. The van der Waals surface area contributed by atoms with Crippen LogP contribution in [0.15, 0.2) is 42.5 Å². The average Bonchev–Trinajstić information content (AvgIpc) is 2.62. The van der Waals surface area contributed by atoms with Crippen molar-refractivity contribution in [2.75, 3.05) is 26.1 Å². The van der Waals surface area contributed by atoms with Gasteiger partial charge in [0.1, 0.15) is 0 Å². The summed E-state index contributed by atoms with van der Waals surface area (Å²) in [6.07, 6.45) is 0. The molecule has 0 radical (unpaired) electrons. The summed E-state index contributed by atoms with van der Waals surface area (Å²) in [6.45, 7) is 2.38. The second-order valence-corrected chi connectivity index (χ2v) is 4.82. The topological polar surface area (TPSA) is 73.9 Å². The molecule has 6 nitrogen and oxygen atoms in total. The van der Waals surface area contributed by atoms with Crippen LogP contribution in [-0.4, -0.2) is 32.7 Å². The van der Waals surface area contributed by atoms with E-state index in [4.69, 9.17) is 9.47 Å².